The maximum Gasteiger partial charge on any atom is 0.328 e. The highest BCUT2D eigenvalue weighted by molar-refractivity contribution is 5.99. The van der Waals surface area contributed by atoms with Crippen LogP contribution in [-0.4, -0.2) is 48.6 Å². The van der Waals surface area contributed by atoms with Gasteiger partial charge in [0.2, 0.25) is 5.88 Å². The largest absolute Gasteiger partial charge is 0.474 e. The molecule has 8 heteroatoms. The fourth-order valence-corrected chi connectivity index (χ4v) is 2.50. The first-order valence-corrected chi connectivity index (χ1v) is 9.89. The highest BCUT2D eigenvalue weighted by atomic mass is 16.5. The summed E-state index contributed by atoms with van der Waals surface area (Å²) in [6, 6.07) is 2.17. The molecule has 8 nitrogen and oxygen atoms in total. The van der Waals surface area contributed by atoms with Crippen LogP contribution in [-0.2, 0) is 9.53 Å². The Bertz CT molecular complexity index is 716. The highest BCUT2D eigenvalue weighted by Crippen LogP contribution is 2.19. The third kappa shape index (κ3) is 8.09. The molecule has 162 valence electrons. The Labute approximate surface area is 172 Å². The lowest BCUT2D eigenvalue weighted by Gasteiger charge is -2.19. The molecule has 1 aromatic heterocycles. The second-order valence-corrected chi connectivity index (χ2v) is 8.00. The number of rotatable bonds is 10. The lowest BCUT2D eigenvalue weighted by Crippen LogP contribution is -2.42. The first-order valence-electron chi connectivity index (χ1n) is 9.89. The molecule has 1 atom stereocenters. The fourth-order valence-electron chi connectivity index (χ4n) is 2.50. The molecule has 2 N–H and O–H groups in total. The second-order valence-electron chi connectivity index (χ2n) is 8.00. The van der Waals surface area contributed by atoms with Crippen LogP contribution >= 0.6 is 0 Å². The lowest BCUT2D eigenvalue weighted by molar-refractivity contribution is -0.143. The van der Waals surface area contributed by atoms with E-state index >= 15 is 0 Å². The summed E-state index contributed by atoms with van der Waals surface area (Å²) in [5.41, 5.74) is 0.307. The number of hydrogen-bond donors (Lipinski definition) is 2. The van der Waals surface area contributed by atoms with E-state index in [0.29, 0.717) is 18.9 Å². The molecule has 0 radical (unpaired) electrons. The van der Waals surface area contributed by atoms with Crippen molar-refractivity contribution < 1.29 is 23.9 Å². The molecule has 1 aromatic rings. The van der Waals surface area contributed by atoms with Crippen LogP contribution in [0.5, 0.6) is 5.88 Å². The lowest BCUT2D eigenvalue weighted by atomic mass is 10.0. The number of nitrogens with one attached hydrogen (secondary N) is 2. The van der Waals surface area contributed by atoms with Gasteiger partial charge in [0, 0.05) is 6.54 Å². The molecule has 0 bridgehead atoms. The van der Waals surface area contributed by atoms with Crippen LogP contribution in [0.15, 0.2) is 12.1 Å². The number of carbonyl (C=O) groups excluding carboxylic acids is 3. The summed E-state index contributed by atoms with van der Waals surface area (Å²) in [6.07, 6.45) is 0.199. The van der Waals surface area contributed by atoms with E-state index in [9.17, 15) is 14.4 Å². The van der Waals surface area contributed by atoms with Gasteiger partial charge in [0.05, 0.1) is 13.2 Å². The van der Waals surface area contributed by atoms with Gasteiger partial charge in [-0.05, 0) is 44.2 Å². The Kier molecular flexibility index (Phi) is 9.58. The van der Waals surface area contributed by atoms with Crippen molar-refractivity contribution in [3.05, 3.63) is 23.4 Å². The average molecular weight is 408 g/mol. The van der Waals surface area contributed by atoms with Crippen molar-refractivity contribution in [3.63, 3.8) is 0 Å². The summed E-state index contributed by atoms with van der Waals surface area (Å²) in [7, 11) is 1.28. The van der Waals surface area contributed by atoms with Gasteiger partial charge in [0.1, 0.15) is 17.3 Å². The zero-order valence-electron chi connectivity index (χ0n) is 18.4. The third-order valence-corrected chi connectivity index (χ3v) is 3.85. The van der Waals surface area contributed by atoms with Gasteiger partial charge in [-0.15, -0.1) is 0 Å². The molecule has 0 aliphatic heterocycles. The van der Waals surface area contributed by atoms with E-state index in [2.05, 4.69) is 15.6 Å². The number of ether oxygens (including phenoxy) is 2. The molecule has 29 heavy (non-hydrogen) atoms. The normalized spacial score (nSPS) is 12.1. The summed E-state index contributed by atoms with van der Waals surface area (Å²) < 4.78 is 10.4. The number of carbonyl (C=O) groups is 3. The van der Waals surface area contributed by atoms with Gasteiger partial charge in [-0.2, -0.15) is 0 Å². The van der Waals surface area contributed by atoms with Crippen molar-refractivity contribution in [2.75, 3.05) is 13.7 Å². The van der Waals surface area contributed by atoms with Crippen LogP contribution in [0.4, 0.5) is 0 Å². The molecule has 0 saturated carbocycles. The molecular formula is C21H33N3O5. The first kappa shape index (κ1) is 24.4. The Hall–Kier alpha value is -2.64. The number of pyridine rings is 1. The smallest absolute Gasteiger partial charge is 0.328 e. The molecule has 0 aliphatic rings. The van der Waals surface area contributed by atoms with E-state index in [1.165, 1.54) is 19.2 Å². The number of amides is 2. The van der Waals surface area contributed by atoms with E-state index in [-0.39, 0.29) is 35.1 Å². The van der Waals surface area contributed by atoms with E-state index in [1.807, 2.05) is 27.7 Å². The van der Waals surface area contributed by atoms with Crippen LogP contribution in [0.3, 0.4) is 0 Å². The van der Waals surface area contributed by atoms with Crippen LogP contribution in [0, 0.1) is 11.8 Å². The second kappa shape index (κ2) is 11.4. The first-order chi connectivity index (χ1) is 13.5. The Morgan fingerprint density at radius 1 is 1.00 bits per heavy atom. The van der Waals surface area contributed by atoms with Gasteiger partial charge in [-0.1, -0.05) is 27.7 Å². The number of aromatic nitrogens is 1. The summed E-state index contributed by atoms with van der Waals surface area (Å²) in [6.45, 7) is 12.0. The minimum atomic E-state index is -0.780. The van der Waals surface area contributed by atoms with Crippen molar-refractivity contribution in [1.82, 2.24) is 15.6 Å². The molecule has 0 aromatic carbocycles. The average Bonchev–Trinajstić information content (AvgIpc) is 2.63. The molecule has 0 aliphatic carbocycles. The van der Waals surface area contributed by atoms with E-state index in [4.69, 9.17) is 9.47 Å². The van der Waals surface area contributed by atoms with Gasteiger partial charge in [-0.3, -0.25) is 9.59 Å². The Morgan fingerprint density at radius 3 is 2.17 bits per heavy atom. The highest BCUT2D eigenvalue weighted by Gasteiger charge is 2.25. The van der Waals surface area contributed by atoms with Gasteiger partial charge in [0.15, 0.2) is 0 Å². The monoisotopic (exact) mass is 407 g/mol. The van der Waals surface area contributed by atoms with Crippen LogP contribution in [0.25, 0.3) is 0 Å². The zero-order chi connectivity index (χ0) is 22.1. The van der Waals surface area contributed by atoms with E-state index < -0.39 is 17.9 Å². The van der Waals surface area contributed by atoms with Gasteiger partial charge >= 0.3 is 5.97 Å². The predicted octanol–water partition coefficient (Wildman–Crippen LogP) is 2.57. The minimum Gasteiger partial charge on any atom is -0.474 e. The predicted molar refractivity (Wildman–Crippen MR) is 110 cm³/mol. The van der Waals surface area contributed by atoms with Crippen molar-refractivity contribution in [2.45, 2.75) is 60.1 Å². The molecule has 0 spiro atoms. The van der Waals surface area contributed by atoms with Crippen molar-refractivity contribution in [3.8, 4) is 5.88 Å². The molecule has 1 heterocycles. The SMILES string of the molecule is COC(=O)[C@H](CC(C)C)NC(=O)c1ccc(C(=O)NCC(C)C)c(OC(C)C)n1. The van der Waals surface area contributed by atoms with Crippen LogP contribution in [0.2, 0.25) is 0 Å². The van der Waals surface area contributed by atoms with E-state index in [0.717, 1.165) is 0 Å². The molecule has 2 amide bonds. The minimum absolute atomic E-state index is 0.0544. The Morgan fingerprint density at radius 2 is 1.66 bits per heavy atom. The number of hydrogen-bond acceptors (Lipinski definition) is 6. The van der Waals surface area contributed by atoms with Crippen molar-refractivity contribution >= 4 is 17.8 Å². The number of nitrogens with zero attached hydrogens (tertiary/aromatic N) is 1. The topological polar surface area (TPSA) is 107 Å². The van der Waals surface area contributed by atoms with E-state index in [1.54, 1.807) is 13.8 Å². The summed E-state index contributed by atoms with van der Waals surface area (Å²) in [5, 5.41) is 5.47. The summed E-state index contributed by atoms with van der Waals surface area (Å²) in [4.78, 5) is 41.3. The van der Waals surface area contributed by atoms with Gasteiger partial charge in [-0.25, -0.2) is 9.78 Å². The maximum absolute atomic E-state index is 12.7. The van der Waals surface area contributed by atoms with Crippen molar-refractivity contribution in [2.24, 2.45) is 11.8 Å². The molecule has 1 rings (SSSR count). The van der Waals surface area contributed by atoms with Crippen LogP contribution in [0.1, 0.15) is 68.8 Å². The number of methoxy groups -OCH3 is 1. The third-order valence-electron chi connectivity index (χ3n) is 3.85. The quantitative estimate of drug-likeness (QED) is 0.577. The summed E-state index contributed by atoms with van der Waals surface area (Å²) >= 11 is 0. The van der Waals surface area contributed by atoms with Gasteiger partial charge in [0.25, 0.3) is 11.8 Å². The number of esters is 1. The zero-order valence-corrected chi connectivity index (χ0v) is 18.4. The maximum atomic E-state index is 12.7. The molecule has 0 fully saturated rings. The van der Waals surface area contributed by atoms with Gasteiger partial charge < -0.3 is 20.1 Å². The summed E-state index contributed by atoms with van der Waals surface area (Å²) in [5.74, 6) is -0.825. The van der Waals surface area contributed by atoms with Crippen LogP contribution < -0.4 is 15.4 Å². The Balaban J connectivity index is 3.10. The fraction of sp³-hybridized carbons (Fsp3) is 0.619. The van der Waals surface area contributed by atoms with Crippen molar-refractivity contribution in [1.29, 1.82) is 0 Å². The molecular weight excluding hydrogens is 374 g/mol. The molecule has 0 saturated heterocycles. The molecule has 0 unspecified atom stereocenters. The standard InChI is InChI=1S/C21H33N3O5/c1-12(2)10-17(21(27)28-7)23-19(26)16-9-8-15(18(25)22-11-13(3)4)20(24-16)29-14(5)6/h8-9,12-14,17H,10-11H2,1-7H3,(H,22,25)(H,23,26)/t17-/m0/s1.